The summed E-state index contributed by atoms with van der Waals surface area (Å²) < 4.78 is 26.0. The molecule has 0 spiro atoms. The van der Waals surface area contributed by atoms with E-state index in [4.69, 9.17) is 0 Å². The van der Waals surface area contributed by atoms with E-state index in [-0.39, 0.29) is 42.1 Å². The largest absolute Gasteiger partial charge is 0.354 e. The Bertz CT molecular complexity index is 484. The third-order valence-corrected chi connectivity index (χ3v) is 6.13. The van der Waals surface area contributed by atoms with Crippen molar-refractivity contribution in [3.8, 4) is 0 Å². The molecule has 0 unspecified atom stereocenters. The van der Waals surface area contributed by atoms with Gasteiger partial charge in [-0.1, -0.05) is 12.8 Å². The number of carbonyl (C=O) groups is 1. The molecule has 22 heavy (non-hydrogen) atoms. The lowest BCUT2D eigenvalue weighted by atomic mass is 9.67. The van der Waals surface area contributed by atoms with E-state index in [1.54, 1.807) is 13.8 Å². The van der Waals surface area contributed by atoms with Gasteiger partial charge in [-0.15, -0.1) is 12.4 Å². The zero-order chi connectivity index (χ0) is 15.5. The van der Waals surface area contributed by atoms with Gasteiger partial charge in [0, 0.05) is 19.1 Å². The highest BCUT2D eigenvalue weighted by molar-refractivity contribution is 7.89. The number of hydrogen-bond donors (Lipinski definition) is 3. The van der Waals surface area contributed by atoms with Gasteiger partial charge < -0.3 is 10.6 Å². The Balaban J connectivity index is 0.00000242. The highest BCUT2D eigenvalue weighted by Crippen LogP contribution is 2.43. The maximum Gasteiger partial charge on any atom is 0.227 e. The van der Waals surface area contributed by atoms with Crippen molar-refractivity contribution in [3.63, 3.8) is 0 Å². The molecular formula is C14H28ClN3O3S. The van der Waals surface area contributed by atoms with E-state index in [2.05, 4.69) is 15.4 Å². The predicted molar refractivity (Wildman–Crippen MR) is 89.6 cm³/mol. The quantitative estimate of drug-likeness (QED) is 0.653. The van der Waals surface area contributed by atoms with Crippen molar-refractivity contribution in [3.05, 3.63) is 0 Å². The van der Waals surface area contributed by atoms with Gasteiger partial charge in [-0.05, 0) is 39.2 Å². The first-order valence-corrected chi connectivity index (χ1v) is 9.50. The van der Waals surface area contributed by atoms with E-state index in [0.29, 0.717) is 5.92 Å². The van der Waals surface area contributed by atoms with Crippen LogP contribution in [0, 0.1) is 11.3 Å². The molecule has 2 atom stereocenters. The van der Waals surface area contributed by atoms with Gasteiger partial charge >= 0.3 is 0 Å². The van der Waals surface area contributed by atoms with Crippen LogP contribution >= 0.6 is 12.4 Å². The number of sulfonamides is 1. The Kier molecular flexibility index (Phi) is 7.11. The van der Waals surface area contributed by atoms with Crippen molar-refractivity contribution in [2.45, 2.75) is 45.6 Å². The number of fused-ring (bicyclic) bond motifs is 1. The lowest BCUT2D eigenvalue weighted by Gasteiger charge is -2.37. The molecule has 1 aliphatic carbocycles. The first kappa shape index (κ1) is 19.7. The summed E-state index contributed by atoms with van der Waals surface area (Å²) in [5, 5.41) is 6.17. The zero-order valence-electron chi connectivity index (χ0n) is 13.4. The minimum atomic E-state index is -3.31. The summed E-state index contributed by atoms with van der Waals surface area (Å²) in [5.74, 6) is 0.360. The van der Waals surface area contributed by atoms with Crippen LogP contribution in [0.4, 0.5) is 0 Å². The number of amides is 1. The topological polar surface area (TPSA) is 87.3 Å². The molecule has 1 heterocycles. The van der Waals surface area contributed by atoms with Crippen molar-refractivity contribution in [2.75, 3.05) is 25.4 Å². The summed E-state index contributed by atoms with van der Waals surface area (Å²) in [7, 11) is -3.31. The Hall–Kier alpha value is -0.370. The van der Waals surface area contributed by atoms with Gasteiger partial charge in [-0.3, -0.25) is 4.79 Å². The lowest BCUT2D eigenvalue weighted by Crippen LogP contribution is -2.49. The third-order valence-electron chi connectivity index (χ3n) is 4.56. The fourth-order valence-electron chi connectivity index (χ4n) is 3.58. The highest BCUT2D eigenvalue weighted by Gasteiger charge is 2.49. The number of nitrogens with one attached hydrogen (secondary N) is 3. The highest BCUT2D eigenvalue weighted by atomic mass is 35.5. The Morgan fingerprint density at radius 2 is 2.09 bits per heavy atom. The van der Waals surface area contributed by atoms with Gasteiger partial charge in [0.05, 0.1) is 11.2 Å². The maximum atomic E-state index is 12.5. The first-order chi connectivity index (χ1) is 9.86. The van der Waals surface area contributed by atoms with Crippen LogP contribution in [0.5, 0.6) is 0 Å². The van der Waals surface area contributed by atoms with Crippen LogP contribution in [-0.2, 0) is 14.8 Å². The van der Waals surface area contributed by atoms with E-state index in [1.807, 2.05) is 0 Å². The summed E-state index contributed by atoms with van der Waals surface area (Å²) >= 11 is 0. The molecular weight excluding hydrogens is 326 g/mol. The van der Waals surface area contributed by atoms with Crippen molar-refractivity contribution in [1.29, 1.82) is 0 Å². The van der Waals surface area contributed by atoms with Crippen LogP contribution in [0.25, 0.3) is 0 Å². The minimum Gasteiger partial charge on any atom is -0.354 e. The molecule has 2 rings (SSSR count). The fraction of sp³-hybridized carbons (Fsp3) is 0.929. The Labute approximate surface area is 139 Å². The smallest absolute Gasteiger partial charge is 0.227 e. The van der Waals surface area contributed by atoms with Crippen LogP contribution < -0.4 is 15.4 Å². The van der Waals surface area contributed by atoms with Crippen LogP contribution in [0.15, 0.2) is 0 Å². The summed E-state index contributed by atoms with van der Waals surface area (Å²) in [6.07, 6.45) is 4.27. The Morgan fingerprint density at radius 3 is 2.77 bits per heavy atom. The van der Waals surface area contributed by atoms with Crippen molar-refractivity contribution in [2.24, 2.45) is 11.3 Å². The van der Waals surface area contributed by atoms with E-state index < -0.39 is 10.0 Å². The number of rotatable bonds is 6. The van der Waals surface area contributed by atoms with Crippen LogP contribution in [0.2, 0.25) is 0 Å². The third kappa shape index (κ3) is 4.57. The average molecular weight is 354 g/mol. The van der Waals surface area contributed by atoms with Gasteiger partial charge in [-0.25, -0.2) is 13.1 Å². The molecule has 0 aromatic rings. The molecule has 1 aliphatic heterocycles. The second-order valence-corrected chi connectivity index (χ2v) is 8.45. The molecule has 0 aromatic carbocycles. The molecule has 6 nitrogen and oxygen atoms in total. The van der Waals surface area contributed by atoms with E-state index >= 15 is 0 Å². The molecule has 1 saturated heterocycles. The van der Waals surface area contributed by atoms with Gasteiger partial charge in [0.1, 0.15) is 0 Å². The molecule has 1 saturated carbocycles. The summed E-state index contributed by atoms with van der Waals surface area (Å²) in [5.41, 5.74) is -0.312. The monoisotopic (exact) mass is 353 g/mol. The van der Waals surface area contributed by atoms with Crippen LogP contribution in [0.1, 0.15) is 39.5 Å². The second-order valence-electron chi connectivity index (χ2n) is 6.58. The summed E-state index contributed by atoms with van der Waals surface area (Å²) in [6.45, 7) is 5.37. The Morgan fingerprint density at radius 1 is 1.36 bits per heavy atom. The summed E-state index contributed by atoms with van der Waals surface area (Å²) in [6, 6.07) is -0.119. The second kappa shape index (κ2) is 7.95. The van der Waals surface area contributed by atoms with Gasteiger partial charge in [0.2, 0.25) is 15.9 Å². The minimum absolute atomic E-state index is 0. The summed E-state index contributed by atoms with van der Waals surface area (Å²) in [4.78, 5) is 12.5. The van der Waals surface area contributed by atoms with E-state index in [9.17, 15) is 13.2 Å². The van der Waals surface area contributed by atoms with E-state index in [1.165, 1.54) is 6.42 Å². The molecule has 0 radical (unpaired) electrons. The molecule has 2 aliphatic rings. The molecule has 0 bridgehead atoms. The molecule has 0 aromatic heterocycles. The van der Waals surface area contributed by atoms with Gasteiger partial charge in [0.25, 0.3) is 0 Å². The SMILES string of the molecule is CC(C)NS(=O)(=O)CCNC(=O)[C@@]12CCCC[C@H]1CNC2.Cl. The number of hydrogen-bond acceptors (Lipinski definition) is 4. The molecule has 1 amide bonds. The maximum absolute atomic E-state index is 12.5. The zero-order valence-corrected chi connectivity index (χ0v) is 15.0. The molecule has 8 heteroatoms. The van der Waals surface area contributed by atoms with Crippen molar-refractivity contribution < 1.29 is 13.2 Å². The van der Waals surface area contributed by atoms with Gasteiger partial charge in [0.15, 0.2) is 0 Å². The van der Waals surface area contributed by atoms with Crippen LogP contribution in [-0.4, -0.2) is 45.8 Å². The first-order valence-electron chi connectivity index (χ1n) is 7.85. The van der Waals surface area contributed by atoms with E-state index in [0.717, 1.165) is 32.4 Å². The number of carbonyl (C=O) groups excluding carboxylic acids is 1. The van der Waals surface area contributed by atoms with Crippen molar-refractivity contribution >= 4 is 28.3 Å². The number of halogens is 1. The molecule has 2 fully saturated rings. The van der Waals surface area contributed by atoms with Crippen molar-refractivity contribution in [1.82, 2.24) is 15.4 Å². The van der Waals surface area contributed by atoms with Crippen LogP contribution in [0.3, 0.4) is 0 Å². The standard InChI is InChI=1S/C14H27N3O3S.ClH/c1-11(2)17-21(19,20)8-7-16-13(18)14-6-4-3-5-12(14)9-15-10-14;/h11-12,15,17H,3-10H2,1-2H3,(H,16,18);1H/t12-,14+;/m0./s1. The normalized spacial score (nSPS) is 28.0. The predicted octanol–water partition coefficient (Wildman–Crippen LogP) is 0.632. The average Bonchev–Trinajstić information content (AvgIpc) is 2.81. The lowest BCUT2D eigenvalue weighted by molar-refractivity contribution is -0.133. The molecule has 3 N–H and O–H groups in total. The molecule has 130 valence electrons. The fourth-order valence-corrected chi connectivity index (χ4v) is 4.79. The van der Waals surface area contributed by atoms with Gasteiger partial charge in [-0.2, -0.15) is 0 Å².